The van der Waals surface area contributed by atoms with Gasteiger partial charge in [-0.2, -0.15) is 17.5 Å². The molecule has 12 heteroatoms. The van der Waals surface area contributed by atoms with Crippen LogP contribution in [0.25, 0.3) is 0 Å². The lowest BCUT2D eigenvalue weighted by Gasteiger charge is -2.25. The smallest absolute Gasteiger partial charge is 0.416 e. The molecule has 0 saturated carbocycles. The molecule has 1 N–H and O–H groups in total. The second-order valence-corrected chi connectivity index (χ2v) is 10.4. The molecule has 0 unspecified atom stereocenters. The van der Waals surface area contributed by atoms with Crippen LogP contribution in [0.4, 0.5) is 18.9 Å². The summed E-state index contributed by atoms with van der Waals surface area (Å²) in [6, 6.07) is 5.84. The fourth-order valence-corrected chi connectivity index (χ4v) is 5.92. The van der Waals surface area contributed by atoms with Gasteiger partial charge < -0.3 is 14.8 Å². The lowest BCUT2D eigenvalue weighted by atomic mass is 10.1. The first-order chi connectivity index (χ1) is 15.1. The number of rotatable bonds is 8. The Bertz CT molecular complexity index is 1050. The number of halogens is 3. The van der Waals surface area contributed by atoms with Crippen LogP contribution in [0.3, 0.4) is 0 Å². The SMILES string of the molecule is CCCOc1ccc(C(F)(F)F)cc1NC(=O)Cc1ccc(S(=O)(=O)N2CCOCC2)s1. The van der Waals surface area contributed by atoms with Gasteiger partial charge >= 0.3 is 6.18 Å². The van der Waals surface area contributed by atoms with Crippen molar-refractivity contribution in [2.45, 2.75) is 30.2 Å². The van der Waals surface area contributed by atoms with Crippen LogP contribution >= 0.6 is 11.3 Å². The summed E-state index contributed by atoms with van der Waals surface area (Å²) in [5, 5.41) is 2.46. The fraction of sp³-hybridized carbons (Fsp3) is 0.450. The zero-order chi connectivity index (χ0) is 23.4. The van der Waals surface area contributed by atoms with E-state index in [0.29, 0.717) is 24.5 Å². The van der Waals surface area contributed by atoms with E-state index in [9.17, 15) is 26.4 Å². The topological polar surface area (TPSA) is 84.9 Å². The number of carbonyl (C=O) groups is 1. The van der Waals surface area contributed by atoms with Gasteiger partial charge in [-0.1, -0.05) is 6.92 Å². The third-order valence-corrected chi connectivity index (χ3v) is 8.03. The first kappa shape index (κ1) is 24.5. The van der Waals surface area contributed by atoms with E-state index in [2.05, 4.69) is 5.32 Å². The molecule has 0 radical (unpaired) electrons. The highest BCUT2D eigenvalue weighted by atomic mass is 32.2. The maximum atomic E-state index is 13.1. The molecular formula is C20H23F3N2O5S2. The van der Waals surface area contributed by atoms with Crippen molar-refractivity contribution in [3.8, 4) is 5.75 Å². The van der Waals surface area contributed by atoms with E-state index < -0.39 is 27.7 Å². The monoisotopic (exact) mass is 492 g/mol. The molecule has 0 bridgehead atoms. The van der Waals surface area contributed by atoms with Gasteiger partial charge in [0.05, 0.1) is 37.5 Å². The molecule has 32 heavy (non-hydrogen) atoms. The Labute approximate surface area is 188 Å². The Balaban J connectivity index is 1.73. The highest BCUT2D eigenvalue weighted by Gasteiger charge is 2.32. The molecule has 0 aliphatic carbocycles. The van der Waals surface area contributed by atoms with E-state index in [0.717, 1.165) is 23.5 Å². The average molecular weight is 493 g/mol. The number of benzene rings is 1. The molecule has 2 aromatic rings. The number of sulfonamides is 1. The van der Waals surface area contributed by atoms with E-state index in [-0.39, 0.29) is 41.8 Å². The zero-order valence-corrected chi connectivity index (χ0v) is 18.9. The van der Waals surface area contributed by atoms with Crippen LogP contribution in [0.15, 0.2) is 34.5 Å². The maximum Gasteiger partial charge on any atom is 0.416 e. The number of anilines is 1. The van der Waals surface area contributed by atoms with Crippen LogP contribution in [0.5, 0.6) is 5.75 Å². The van der Waals surface area contributed by atoms with E-state index in [1.54, 1.807) is 0 Å². The number of nitrogens with one attached hydrogen (secondary N) is 1. The molecule has 0 atom stereocenters. The molecule has 0 spiro atoms. The first-order valence-corrected chi connectivity index (χ1v) is 12.2. The van der Waals surface area contributed by atoms with Crippen LogP contribution in [0.2, 0.25) is 0 Å². The summed E-state index contributed by atoms with van der Waals surface area (Å²) >= 11 is 0.955. The predicted molar refractivity (Wildman–Crippen MR) is 113 cm³/mol. The van der Waals surface area contributed by atoms with Crippen molar-refractivity contribution >= 4 is 33.0 Å². The van der Waals surface area contributed by atoms with Crippen LogP contribution < -0.4 is 10.1 Å². The van der Waals surface area contributed by atoms with Crippen molar-refractivity contribution in [3.05, 3.63) is 40.8 Å². The first-order valence-electron chi connectivity index (χ1n) is 9.91. The van der Waals surface area contributed by atoms with Crippen molar-refractivity contribution < 1.29 is 35.9 Å². The summed E-state index contributed by atoms with van der Waals surface area (Å²) in [4.78, 5) is 13.0. The molecule has 1 amide bonds. The van der Waals surface area contributed by atoms with E-state index >= 15 is 0 Å². The fourth-order valence-electron chi connectivity index (χ4n) is 3.00. The molecule has 3 rings (SSSR count). The van der Waals surface area contributed by atoms with Gasteiger partial charge in [0.15, 0.2) is 0 Å². The van der Waals surface area contributed by atoms with Crippen LogP contribution in [-0.2, 0) is 32.2 Å². The average Bonchev–Trinajstić information content (AvgIpc) is 3.22. The Kier molecular flexibility index (Phi) is 7.80. The minimum absolute atomic E-state index is 0.0870. The number of ether oxygens (including phenoxy) is 2. The Morgan fingerprint density at radius 2 is 1.94 bits per heavy atom. The molecule has 2 heterocycles. The molecule has 7 nitrogen and oxygen atoms in total. The van der Waals surface area contributed by atoms with Gasteiger partial charge in [0, 0.05) is 18.0 Å². The van der Waals surface area contributed by atoms with Gasteiger partial charge in [0.1, 0.15) is 9.96 Å². The summed E-state index contributed by atoms with van der Waals surface area (Å²) in [5.41, 5.74) is -0.998. The number of hydrogen-bond donors (Lipinski definition) is 1. The number of hydrogen-bond acceptors (Lipinski definition) is 6. The highest BCUT2D eigenvalue weighted by molar-refractivity contribution is 7.91. The second-order valence-electron chi connectivity index (χ2n) is 7.02. The Morgan fingerprint density at radius 3 is 2.59 bits per heavy atom. The number of carbonyl (C=O) groups excluding carboxylic acids is 1. The molecule has 1 aliphatic heterocycles. The van der Waals surface area contributed by atoms with Crippen LogP contribution in [0, 0.1) is 0 Å². The molecular weight excluding hydrogens is 469 g/mol. The lowest BCUT2D eigenvalue weighted by molar-refractivity contribution is -0.137. The third-order valence-electron chi connectivity index (χ3n) is 4.58. The van der Waals surface area contributed by atoms with Gasteiger partial charge in [-0.3, -0.25) is 4.79 Å². The summed E-state index contributed by atoms with van der Waals surface area (Å²) in [6.07, 6.45) is -4.12. The van der Waals surface area contributed by atoms with Crippen LogP contribution in [-0.4, -0.2) is 51.5 Å². The molecule has 1 aliphatic rings. The second kappa shape index (κ2) is 10.2. The Hall–Kier alpha value is -2.15. The standard InChI is InChI=1S/C20H23F3N2O5S2/c1-2-9-30-17-5-3-14(20(21,22)23)12-16(17)24-18(26)13-15-4-6-19(31-15)32(27,28)25-7-10-29-11-8-25/h3-6,12H,2,7-11,13H2,1H3,(H,24,26). The third kappa shape index (κ3) is 6.00. The summed E-state index contributed by atoms with van der Waals surface area (Å²) < 4.78 is 76.7. The molecule has 1 fully saturated rings. The Morgan fingerprint density at radius 1 is 1.22 bits per heavy atom. The van der Waals surface area contributed by atoms with Gasteiger partial charge in [0.2, 0.25) is 5.91 Å². The molecule has 176 valence electrons. The van der Waals surface area contributed by atoms with E-state index in [1.807, 2.05) is 6.92 Å². The largest absolute Gasteiger partial charge is 0.491 e. The maximum absolute atomic E-state index is 13.1. The number of morpholine rings is 1. The minimum Gasteiger partial charge on any atom is -0.491 e. The van der Waals surface area contributed by atoms with Crippen molar-refractivity contribution in [1.29, 1.82) is 0 Å². The number of alkyl halides is 3. The van der Waals surface area contributed by atoms with E-state index in [1.165, 1.54) is 22.5 Å². The zero-order valence-electron chi connectivity index (χ0n) is 17.3. The minimum atomic E-state index is -4.57. The molecule has 1 saturated heterocycles. The quantitative estimate of drug-likeness (QED) is 0.607. The molecule has 1 aromatic heterocycles. The number of amides is 1. The van der Waals surface area contributed by atoms with Crippen molar-refractivity contribution in [3.63, 3.8) is 0 Å². The van der Waals surface area contributed by atoms with Gasteiger partial charge in [0.25, 0.3) is 10.0 Å². The van der Waals surface area contributed by atoms with Crippen molar-refractivity contribution in [2.24, 2.45) is 0 Å². The lowest BCUT2D eigenvalue weighted by Crippen LogP contribution is -2.40. The predicted octanol–water partition coefficient (Wildman–Crippen LogP) is 3.76. The van der Waals surface area contributed by atoms with Gasteiger partial charge in [-0.25, -0.2) is 8.42 Å². The molecule has 1 aromatic carbocycles. The van der Waals surface area contributed by atoms with Gasteiger partial charge in [-0.15, -0.1) is 11.3 Å². The summed E-state index contributed by atoms with van der Waals surface area (Å²) in [6.45, 7) is 3.28. The summed E-state index contributed by atoms with van der Waals surface area (Å²) in [7, 11) is -3.68. The van der Waals surface area contributed by atoms with E-state index in [4.69, 9.17) is 9.47 Å². The van der Waals surface area contributed by atoms with Crippen molar-refractivity contribution in [2.75, 3.05) is 38.2 Å². The summed E-state index contributed by atoms with van der Waals surface area (Å²) in [5.74, 6) is -0.446. The highest BCUT2D eigenvalue weighted by Crippen LogP contribution is 2.35. The van der Waals surface area contributed by atoms with Crippen molar-refractivity contribution in [1.82, 2.24) is 4.31 Å². The number of nitrogens with zero attached hydrogens (tertiary/aromatic N) is 1. The van der Waals surface area contributed by atoms with Crippen LogP contribution in [0.1, 0.15) is 23.8 Å². The number of thiophene rings is 1. The normalized spacial score (nSPS) is 15.5. The van der Waals surface area contributed by atoms with Gasteiger partial charge in [-0.05, 0) is 36.8 Å².